The second-order valence-electron chi connectivity index (χ2n) is 4.62. The van der Waals surface area contributed by atoms with E-state index >= 15 is 0 Å². The fourth-order valence-corrected chi connectivity index (χ4v) is 2.92. The van der Waals surface area contributed by atoms with Crippen molar-refractivity contribution in [3.05, 3.63) is 54.6 Å². The van der Waals surface area contributed by atoms with Gasteiger partial charge in [-0.25, -0.2) is 13.1 Å². The quantitative estimate of drug-likeness (QED) is 0.828. The van der Waals surface area contributed by atoms with Crippen molar-refractivity contribution >= 4 is 22.2 Å². The summed E-state index contributed by atoms with van der Waals surface area (Å²) in [6.45, 7) is 0. The molecule has 5 nitrogen and oxygen atoms in total. The van der Waals surface area contributed by atoms with Crippen LogP contribution < -0.4 is 4.72 Å². The van der Waals surface area contributed by atoms with E-state index in [9.17, 15) is 18.0 Å². The highest BCUT2D eigenvalue weighted by molar-refractivity contribution is 7.90. The number of hydrogen-bond donors (Lipinski definition) is 1. The molecule has 0 radical (unpaired) electrons. The summed E-state index contributed by atoms with van der Waals surface area (Å²) >= 11 is 0. The first-order valence-corrected chi connectivity index (χ1v) is 8.16. The summed E-state index contributed by atoms with van der Waals surface area (Å²) < 4.78 is 26.0. The zero-order chi connectivity index (χ0) is 16.0. The highest BCUT2D eigenvalue weighted by atomic mass is 32.2. The molecule has 0 atom stereocenters. The van der Waals surface area contributed by atoms with Gasteiger partial charge in [-0.2, -0.15) is 0 Å². The van der Waals surface area contributed by atoms with Crippen LogP contribution in [0.1, 0.15) is 12.8 Å². The fraction of sp³-hybridized carbons (Fsp3) is 0.125. The second kappa shape index (κ2) is 7.00. The van der Waals surface area contributed by atoms with Gasteiger partial charge in [0.2, 0.25) is 5.91 Å². The Morgan fingerprint density at radius 1 is 0.955 bits per heavy atom. The molecule has 0 aliphatic rings. The largest absolute Gasteiger partial charge is 0.303 e. The van der Waals surface area contributed by atoms with E-state index in [4.69, 9.17) is 0 Å². The average Bonchev–Trinajstić information content (AvgIpc) is 2.53. The first kappa shape index (κ1) is 15.9. The first-order valence-electron chi connectivity index (χ1n) is 6.68. The number of nitrogens with one attached hydrogen (secondary N) is 1. The Bertz CT molecular complexity index is 752. The Balaban J connectivity index is 2.15. The van der Waals surface area contributed by atoms with Crippen LogP contribution in [0.3, 0.4) is 0 Å². The molecule has 2 aromatic carbocycles. The van der Waals surface area contributed by atoms with Crippen LogP contribution in [-0.2, 0) is 19.6 Å². The van der Waals surface area contributed by atoms with Crippen molar-refractivity contribution in [1.82, 2.24) is 4.72 Å². The SMILES string of the molecule is O=CCCC(=O)NS(=O)(=O)c1ccc(-c2ccccc2)cc1. The van der Waals surface area contributed by atoms with Gasteiger partial charge in [0.25, 0.3) is 10.0 Å². The normalized spacial score (nSPS) is 10.9. The van der Waals surface area contributed by atoms with Crippen molar-refractivity contribution in [2.75, 3.05) is 0 Å². The van der Waals surface area contributed by atoms with E-state index in [0.29, 0.717) is 6.29 Å². The van der Waals surface area contributed by atoms with E-state index in [1.54, 1.807) is 12.1 Å². The maximum Gasteiger partial charge on any atom is 0.264 e. The Morgan fingerprint density at radius 2 is 1.55 bits per heavy atom. The van der Waals surface area contributed by atoms with Crippen LogP contribution in [0.5, 0.6) is 0 Å². The second-order valence-corrected chi connectivity index (χ2v) is 6.31. The Hall–Kier alpha value is -2.47. The van der Waals surface area contributed by atoms with Crippen LogP contribution in [0.25, 0.3) is 11.1 Å². The van der Waals surface area contributed by atoms with Crippen molar-refractivity contribution in [2.45, 2.75) is 17.7 Å². The van der Waals surface area contributed by atoms with Gasteiger partial charge in [0.05, 0.1) is 4.90 Å². The number of sulfonamides is 1. The van der Waals surface area contributed by atoms with Gasteiger partial charge in [-0.05, 0) is 23.3 Å². The standard InChI is InChI=1S/C16H15NO4S/c18-12-4-7-16(19)17-22(20,21)15-10-8-14(9-11-15)13-5-2-1-3-6-13/h1-3,5-6,8-12H,4,7H2,(H,17,19). The van der Waals surface area contributed by atoms with Crippen LogP contribution in [0, 0.1) is 0 Å². The van der Waals surface area contributed by atoms with Crippen LogP contribution in [-0.4, -0.2) is 20.6 Å². The molecule has 1 N–H and O–H groups in total. The number of carbonyl (C=O) groups excluding carboxylic acids is 2. The van der Waals surface area contributed by atoms with Gasteiger partial charge in [0.1, 0.15) is 6.29 Å². The van der Waals surface area contributed by atoms with E-state index in [1.165, 1.54) is 12.1 Å². The molecule has 0 saturated carbocycles. The molecular weight excluding hydrogens is 302 g/mol. The Kier molecular flexibility index (Phi) is 5.06. The monoisotopic (exact) mass is 317 g/mol. The average molecular weight is 317 g/mol. The van der Waals surface area contributed by atoms with Crippen molar-refractivity contribution in [2.24, 2.45) is 0 Å². The van der Waals surface area contributed by atoms with Gasteiger partial charge in [0.15, 0.2) is 0 Å². The molecule has 22 heavy (non-hydrogen) atoms. The first-order chi connectivity index (χ1) is 10.5. The molecule has 6 heteroatoms. The summed E-state index contributed by atoms with van der Waals surface area (Å²) in [4.78, 5) is 21.6. The van der Waals surface area contributed by atoms with Crippen molar-refractivity contribution in [1.29, 1.82) is 0 Å². The number of benzene rings is 2. The van der Waals surface area contributed by atoms with Crippen molar-refractivity contribution in [3.8, 4) is 11.1 Å². The summed E-state index contributed by atoms with van der Waals surface area (Å²) in [7, 11) is -3.90. The minimum Gasteiger partial charge on any atom is -0.303 e. The minimum absolute atomic E-state index is 0.00566. The molecule has 0 fully saturated rings. The number of rotatable bonds is 6. The molecule has 0 heterocycles. The Labute approximate surface area is 129 Å². The van der Waals surface area contributed by atoms with Crippen molar-refractivity contribution in [3.63, 3.8) is 0 Å². The van der Waals surface area contributed by atoms with Gasteiger partial charge < -0.3 is 4.79 Å². The minimum atomic E-state index is -3.90. The molecule has 0 bridgehead atoms. The van der Waals surface area contributed by atoms with Crippen LogP contribution in [0.15, 0.2) is 59.5 Å². The lowest BCUT2D eigenvalue weighted by atomic mass is 10.1. The van der Waals surface area contributed by atoms with E-state index in [1.807, 2.05) is 35.1 Å². The number of carbonyl (C=O) groups is 2. The number of amides is 1. The Morgan fingerprint density at radius 3 is 2.14 bits per heavy atom. The maximum absolute atomic E-state index is 12.0. The maximum atomic E-state index is 12.0. The zero-order valence-corrected chi connectivity index (χ0v) is 12.5. The summed E-state index contributed by atoms with van der Waals surface area (Å²) in [5.74, 6) is -0.695. The highest BCUT2D eigenvalue weighted by Gasteiger charge is 2.17. The molecule has 0 aliphatic heterocycles. The molecular formula is C16H15NO4S. The van der Waals surface area contributed by atoms with E-state index in [-0.39, 0.29) is 17.7 Å². The van der Waals surface area contributed by atoms with Gasteiger partial charge in [-0.15, -0.1) is 0 Å². The van der Waals surface area contributed by atoms with Gasteiger partial charge in [-0.1, -0.05) is 42.5 Å². The number of aldehydes is 1. The van der Waals surface area contributed by atoms with Crippen LogP contribution >= 0.6 is 0 Å². The molecule has 2 aromatic rings. The van der Waals surface area contributed by atoms with Crippen LogP contribution in [0.2, 0.25) is 0 Å². The summed E-state index contributed by atoms with van der Waals surface area (Å²) in [6, 6.07) is 15.8. The number of hydrogen-bond acceptors (Lipinski definition) is 4. The molecule has 1 amide bonds. The molecule has 0 unspecified atom stereocenters. The lowest BCUT2D eigenvalue weighted by Crippen LogP contribution is -2.30. The molecule has 0 saturated heterocycles. The van der Waals surface area contributed by atoms with E-state index in [2.05, 4.69) is 0 Å². The lowest BCUT2D eigenvalue weighted by molar-refractivity contribution is -0.121. The van der Waals surface area contributed by atoms with Gasteiger partial charge >= 0.3 is 0 Å². The van der Waals surface area contributed by atoms with Crippen LogP contribution in [0.4, 0.5) is 0 Å². The third-order valence-corrected chi connectivity index (χ3v) is 4.40. The molecule has 0 aromatic heterocycles. The molecule has 0 spiro atoms. The van der Waals surface area contributed by atoms with Gasteiger partial charge in [-0.3, -0.25) is 4.79 Å². The molecule has 0 aliphatic carbocycles. The third-order valence-electron chi connectivity index (χ3n) is 3.01. The van der Waals surface area contributed by atoms with Gasteiger partial charge in [0, 0.05) is 12.8 Å². The predicted octanol–water partition coefficient (Wildman–Crippen LogP) is 2.14. The summed E-state index contributed by atoms with van der Waals surface area (Å²) in [5.41, 5.74) is 1.85. The third kappa shape index (κ3) is 4.02. The van der Waals surface area contributed by atoms with E-state index in [0.717, 1.165) is 11.1 Å². The van der Waals surface area contributed by atoms with E-state index < -0.39 is 15.9 Å². The smallest absolute Gasteiger partial charge is 0.264 e. The predicted molar refractivity (Wildman–Crippen MR) is 82.5 cm³/mol. The topological polar surface area (TPSA) is 80.3 Å². The lowest BCUT2D eigenvalue weighted by Gasteiger charge is -2.07. The van der Waals surface area contributed by atoms with Crippen molar-refractivity contribution < 1.29 is 18.0 Å². The fourth-order valence-electron chi connectivity index (χ4n) is 1.91. The summed E-state index contributed by atoms with van der Waals surface area (Å²) in [5, 5.41) is 0. The molecule has 114 valence electrons. The molecule has 2 rings (SSSR count). The summed E-state index contributed by atoms with van der Waals surface area (Å²) in [6.07, 6.45) is 0.417. The highest BCUT2D eigenvalue weighted by Crippen LogP contribution is 2.20. The zero-order valence-electron chi connectivity index (χ0n) is 11.7.